The number of amides is 1. The number of carbonyl (C=O) groups is 1. The molecule has 1 amide bonds. The van der Waals surface area contributed by atoms with Crippen molar-refractivity contribution >= 4 is 5.91 Å². The number of aryl methyl sites for hydroxylation is 3. The second-order valence-corrected chi connectivity index (χ2v) is 6.68. The third kappa shape index (κ3) is 3.10. The van der Waals surface area contributed by atoms with Crippen molar-refractivity contribution in [2.24, 2.45) is 0 Å². The summed E-state index contributed by atoms with van der Waals surface area (Å²) in [5.41, 5.74) is 3.28. The quantitative estimate of drug-likeness (QED) is 0.791. The summed E-state index contributed by atoms with van der Waals surface area (Å²) in [5, 5.41) is 11.4. The van der Waals surface area contributed by atoms with E-state index in [4.69, 9.17) is 0 Å². The van der Waals surface area contributed by atoms with Crippen molar-refractivity contribution in [3.63, 3.8) is 0 Å². The molecule has 3 aromatic rings. The second-order valence-electron chi connectivity index (χ2n) is 6.68. The Bertz CT molecular complexity index is 948. The first-order valence-corrected chi connectivity index (χ1v) is 8.84. The van der Waals surface area contributed by atoms with Gasteiger partial charge in [0.15, 0.2) is 0 Å². The molecule has 6 nitrogen and oxygen atoms in total. The Kier molecular flexibility index (Phi) is 4.24. The minimum atomic E-state index is -0.0752. The molecule has 0 saturated carbocycles. The van der Waals surface area contributed by atoms with Gasteiger partial charge in [-0.15, -0.1) is 10.2 Å². The molecule has 1 aliphatic heterocycles. The van der Waals surface area contributed by atoms with Crippen LogP contribution in [0.1, 0.15) is 34.1 Å². The van der Waals surface area contributed by atoms with Crippen LogP contribution in [0.25, 0.3) is 11.3 Å². The highest BCUT2D eigenvalue weighted by Gasteiger charge is 2.23. The van der Waals surface area contributed by atoms with E-state index in [1.54, 1.807) is 0 Å². The normalized spacial score (nSPS) is 16.2. The summed E-state index contributed by atoms with van der Waals surface area (Å²) in [4.78, 5) is 17.3. The van der Waals surface area contributed by atoms with Gasteiger partial charge < -0.3 is 9.88 Å². The SMILES string of the molecule is Cc1nc(-c2ccccc2)ccc1C(=O)N[C@@H]1CCc2nnc(C)n2C1. The third-order valence-corrected chi connectivity index (χ3v) is 4.87. The Labute approximate surface area is 152 Å². The molecular weight excluding hydrogens is 326 g/mol. The van der Waals surface area contributed by atoms with Crippen molar-refractivity contribution in [3.05, 3.63) is 65.4 Å². The number of nitrogens with one attached hydrogen (secondary N) is 1. The highest BCUT2D eigenvalue weighted by molar-refractivity contribution is 5.95. The van der Waals surface area contributed by atoms with Gasteiger partial charge in [0.2, 0.25) is 0 Å². The van der Waals surface area contributed by atoms with Crippen LogP contribution in [0.5, 0.6) is 0 Å². The third-order valence-electron chi connectivity index (χ3n) is 4.87. The Morgan fingerprint density at radius 1 is 1.12 bits per heavy atom. The lowest BCUT2D eigenvalue weighted by Gasteiger charge is -2.25. The van der Waals surface area contributed by atoms with Crippen LogP contribution >= 0.6 is 0 Å². The Morgan fingerprint density at radius 3 is 2.69 bits per heavy atom. The molecule has 6 heteroatoms. The van der Waals surface area contributed by atoms with Crippen molar-refractivity contribution in [1.82, 2.24) is 25.1 Å². The minimum Gasteiger partial charge on any atom is -0.347 e. The average Bonchev–Trinajstić information content (AvgIpc) is 3.03. The maximum Gasteiger partial charge on any atom is 0.253 e. The number of fused-ring (bicyclic) bond motifs is 1. The fourth-order valence-corrected chi connectivity index (χ4v) is 3.41. The predicted molar refractivity (Wildman–Crippen MR) is 98.7 cm³/mol. The van der Waals surface area contributed by atoms with Crippen LogP contribution in [0.2, 0.25) is 0 Å². The van der Waals surface area contributed by atoms with Gasteiger partial charge in [0, 0.05) is 24.6 Å². The van der Waals surface area contributed by atoms with Gasteiger partial charge in [0.05, 0.1) is 17.0 Å². The van der Waals surface area contributed by atoms with E-state index >= 15 is 0 Å². The molecule has 0 unspecified atom stereocenters. The summed E-state index contributed by atoms with van der Waals surface area (Å²) in [6.45, 7) is 4.54. The summed E-state index contributed by atoms with van der Waals surface area (Å²) >= 11 is 0. The van der Waals surface area contributed by atoms with Gasteiger partial charge in [-0.2, -0.15) is 0 Å². The highest BCUT2D eigenvalue weighted by atomic mass is 16.1. The zero-order valence-corrected chi connectivity index (χ0v) is 14.9. The molecule has 3 heterocycles. The molecule has 1 N–H and O–H groups in total. The monoisotopic (exact) mass is 347 g/mol. The lowest BCUT2D eigenvalue weighted by Crippen LogP contribution is -2.41. The molecule has 0 aliphatic carbocycles. The number of hydrogen-bond donors (Lipinski definition) is 1. The number of carbonyl (C=O) groups excluding carboxylic acids is 1. The topological polar surface area (TPSA) is 72.7 Å². The maximum atomic E-state index is 12.7. The number of nitrogens with zero attached hydrogens (tertiary/aromatic N) is 4. The van der Waals surface area contributed by atoms with Gasteiger partial charge >= 0.3 is 0 Å². The summed E-state index contributed by atoms with van der Waals surface area (Å²) in [6.07, 6.45) is 1.70. The van der Waals surface area contributed by atoms with Crippen molar-refractivity contribution in [3.8, 4) is 11.3 Å². The summed E-state index contributed by atoms with van der Waals surface area (Å²) < 4.78 is 2.08. The zero-order chi connectivity index (χ0) is 18.1. The van der Waals surface area contributed by atoms with Gasteiger partial charge in [0.25, 0.3) is 5.91 Å². The number of pyridine rings is 1. The molecule has 2 aromatic heterocycles. The van der Waals surface area contributed by atoms with Gasteiger partial charge in [0.1, 0.15) is 11.6 Å². The van der Waals surface area contributed by atoms with Crippen LogP contribution < -0.4 is 5.32 Å². The van der Waals surface area contributed by atoms with Crippen molar-refractivity contribution in [1.29, 1.82) is 0 Å². The lowest BCUT2D eigenvalue weighted by molar-refractivity contribution is 0.0926. The maximum absolute atomic E-state index is 12.7. The Balaban J connectivity index is 1.49. The molecular formula is C20H21N5O. The van der Waals surface area contributed by atoms with E-state index < -0.39 is 0 Å². The molecule has 1 aliphatic rings. The molecule has 4 rings (SSSR count). The lowest BCUT2D eigenvalue weighted by atomic mass is 10.1. The standard InChI is InChI=1S/C20H21N5O/c1-13-17(9-10-18(21-13)15-6-4-3-5-7-15)20(26)22-16-8-11-19-24-23-14(2)25(19)12-16/h3-7,9-10,16H,8,11-12H2,1-2H3,(H,22,26)/t16-/m1/s1. The van der Waals surface area contributed by atoms with E-state index in [9.17, 15) is 4.79 Å². The van der Waals surface area contributed by atoms with Crippen LogP contribution in [0.4, 0.5) is 0 Å². The van der Waals surface area contributed by atoms with Gasteiger partial charge in [-0.05, 0) is 32.4 Å². The molecule has 0 spiro atoms. The Hall–Kier alpha value is -3.02. The van der Waals surface area contributed by atoms with E-state index in [1.807, 2.05) is 56.3 Å². The van der Waals surface area contributed by atoms with E-state index in [0.29, 0.717) is 12.1 Å². The minimum absolute atomic E-state index is 0.0752. The van der Waals surface area contributed by atoms with Crippen LogP contribution in [-0.4, -0.2) is 31.7 Å². The predicted octanol–water partition coefficient (Wildman–Crippen LogP) is 2.70. The number of hydrogen-bond acceptors (Lipinski definition) is 4. The van der Waals surface area contributed by atoms with Crippen LogP contribution in [-0.2, 0) is 13.0 Å². The largest absolute Gasteiger partial charge is 0.347 e. The molecule has 1 atom stereocenters. The first-order chi connectivity index (χ1) is 12.6. The second kappa shape index (κ2) is 6.71. The molecule has 0 saturated heterocycles. The van der Waals surface area contributed by atoms with Crippen molar-refractivity contribution in [2.75, 3.05) is 0 Å². The number of rotatable bonds is 3. The van der Waals surface area contributed by atoms with Crippen molar-refractivity contribution in [2.45, 2.75) is 39.3 Å². The van der Waals surface area contributed by atoms with Gasteiger partial charge in [-0.1, -0.05) is 30.3 Å². The molecule has 0 bridgehead atoms. The van der Waals surface area contributed by atoms with Gasteiger partial charge in [-0.25, -0.2) is 0 Å². The first kappa shape index (κ1) is 16.4. The molecule has 26 heavy (non-hydrogen) atoms. The average molecular weight is 347 g/mol. The fraction of sp³-hybridized carbons (Fsp3) is 0.300. The van der Waals surface area contributed by atoms with Crippen LogP contribution in [0, 0.1) is 13.8 Å². The fourth-order valence-electron chi connectivity index (χ4n) is 3.41. The van der Waals surface area contributed by atoms with Crippen LogP contribution in [0.15, 0.2) is 42.5 Å². The van der Waals surface area contributed by atoms with E-state index in [1.165, 1.54) is 0 Å². The van der Waals surface area contributed by atoms with Crippen molar-refractivity contribution < 1.29 is 4.79 Å². The smallest absolute Gasteiger partial charge is 0.253 e. The summed E-state index contributed by atoms with van der Waals surface area (Å²) in [7, 11) is 0. The summed E-state index contributed by atoms with van der Waals surface area (Å²) in [5.74, 6) is 1.82. The van der Waals surface area contributed by atoms with Gasteiger partial charge in [-0.3, -0.25) is 9.78 Å². The summed E-state index contributed by atoms with van der Waals surface area (Å²) in [6, 6.07) is 13.8. The number of aromatic nitrogens is 4. The molecule has 1 aromatic carbocycles. The van der Waals surface area contributed by atoms with E-state index in [-0.39, 0.29) is 11.9 Å². The molecule has 132 valence electrons. The molecule has 0 radical (unpaired) electrons. The Morgan fingerprint density at radius 2 is 1.92 bits per heavy atom. The molecule has 0 fully saturated rings. The van der Waals surface area contributed by atoms with Crippen LogP contribution in [0.3, 0.4) is 0 Å². The number of benzene rings is 1. The van der Waals surface area contributed by atoms with E-state index in [0.717, 1.165) is 41.4 Å². The highest BCUT2D eigenvalue weighted by Crippen LogP contribution is 2.19. The zero-order valence-electron chi connectivity index (χ0n) is 14.9. The first-order valence-electron chi connectivity index (χ1n) is 8.84. The van der Waals surface area contributed by atoms with E-state index in [2.05, 4.69) is 25.1 Å².